The Hall–Kier alpha value is -0.242. The minimum atomic E-state index is 0.650. The molecule has 0 fully saturated rings. The van der Waals surface area contributed by atoms with Gasteiger partial charge in [0.25, 0.3) is 0 Å². The maximum absolute atomic E-state index is 5.33. The first-order valence-corrected chi connectivity index (χ1v) is 4.83. The monoisotopic (exact) mass is 322 g/mol. The fourth-order valence-corrected chi connectivity index (χ4v) is 1.46. The predicted molar refractivity (Wildman–Crippen MR) is 39.9 cm³/mol. The van der Waals surface area contributed by atoms with E-state index in [4.69, 9.17) is 10.2 Å². The Morgan fingerprint density at radius 3 is 3.09 bits per heavy atom. The van der Waals surface area contributed by atoms with Gasteiger partial charge in [-0.2, -0.15) is 0 Å². The molecular weight excluding hydrogens is 312 g/mol. The van der Waals surface area contributed by atoms with Crippen LogP contribution in [-0.2, 0) is 19.4 Å². The molecule has 1 aromatic heterocycles. The molecule has 3 N–H and O–H groups in total. The Balaban J connectivity index is 2.43. The van der Waals surface area contributed by atoms with Crippen LogP contribution < -0.4 is 11.1 Å². The average molecular weight is 322 g/mol. The first kappa shape index (κ1) is 8.85. The van der Waals surface area contributed by atoms with Gasteiger partial charge in [0, 0.05) is 0 Å². The number of furan rings is 1. The summed E-state index contributed by atoms with van der Waals surface area (Å²) >= 11 is 1.36. The minimum absolute atomic E-state index is 0.650. The van der Waals surface area contributed by atoms with Gasteiger partial charge in [-0.15, -0.1) is 0 Å². The third kappa shape index (κ3) is 2.70. The second-order valence-corrected chi connectivity index (χ2v) is 3.49. The maximum atomic E-state index is 5.33. The molecule has 0 radical (unpaired) electrons. The van der Waals surface area contributed by atoms with Crippen molar-refractivity contribution in [1.82, 2.24) is 5.32 Å². The van der Waals surface area contributed by atoms with Crippen LogP contribution in [-0.4, -0.2) is 17.1 Å². The Bertz CT molecular complexity index is 220. The number of rotatable bonds is 4. The molecule has 0 aliphatic heterocycles. The molecule has 60 valence electrons. The predicted octanol–water partition coefficient (Wildman–Crippen LogP) is -0.147. The summed E-state index contributed by atoms with van der Waals surface area (Å²) in [6.07, 6.45) is 1.67. The van der Waals surface area contributed by atoms with Crippen LogP contribution in [0.15, 0.2) is 22.8 Å². The van der Waals surface area contributed by atoms with Gasteiger partial charge in [0.15, 0.2) is 0 Å². The van der Waals surface area contributed by atoms with Crippen molar-refractivity contribution < 1.29 is 23.8 Å². The third-order valence-corrected chi connectivity index (χ3v) is 2.42. The van der Waals surface area contributed by atoms with Crippen LogP contribution in [0.3, 0.4) is 0 Å². The normalized spacial score (nSPS) is 9.91. The topological polar surface area (TPSA) is 51.2 Å². The van der Waals surface area contributed by atoms with E-state index in [1.165, 1.54) is 19.4 Å². The van der Waals surface area contributed by atoms with Crippen LogP contribution in [0.4, 0.5) is 0 Å². The van der Waals surface area contributed by atoms with Gasteiger partial charge in [-0.05, 0) is 0 Å². The SMILES string of the molecule is NCCN[C](=[W])c1ccco1. The van der Waals surface area contributed by atoms with E-state index in [2.05, 4.69) is 5.32 Å². The molecule has 0 aliphatic rings. The van der Waals surface area contributed by atoms with Gasteiger partial charge in [-0.1, -0.05) is 0 Å². The van der Waals surface area contributed by atoms with Crippen molar-refractivity contribution in [3.05, 3.63) is 24.2 Å². The molecule has 0 unspecified atom stereocenters. The standard InChI is InChI=1S/C7H10N2O.W/c8-3-4-9-6-7-2-1-5-10-7;/h1-2,5,9H,3-4,8H2;. The zero-order chi connectivity index (χ0) is 8.10. The Morgan fingerprint density at radius 2 is 2.55 bits per heavy atom. The molecule has 1 heterocycles. The average Bonchev–Trinajstić information content (AvgIpc) is 2.52. The molecule has 11 heavy (non-hydrogen) atoms. The van der Waals surface area contributed by atoms with Crippen LogP contribution >= 0.6 is 0 Å². The summed E-state index contributed by atoms with van der Waals surface area (Å²) < 4.78 is 6.28. The molecule has 0 aromatic carbocycles. The molecule has 0 bridgehead atoms. The molecule has 0 amide bonds. The molecule has 0 spiro atoms. The van der Waals surface area contributed by atoms with Crippen LogP contribution in [0.2, 0.25) is 0 Å². The summed E-state index contributed by atoms with van der Waals surface area (Å²) in [7, 11) is 0. The molecular formula is C7H10N2OW. The molecule has 4 heteroatoms. The summed E-state index contributed by atoms with van der Waals surface area (Å²) in [6, 6.07) is 3.81. The van der Waals surface area contributed by atoms with E-state index in [1.807, 2.05) is 12.1 Å². The van der Waals surface area contributed by atoms with Gasteiger partial charge in [-0.25, -0.2) is 0 Å². The van der Waals surface area contributed by atoms with Gasteiger partial charge >= 0.3 is 76.1 Å². The van der Waals surface area contributed by atoms with Crippen LogP contribution in [0.25, 0.3) is 0 Å². The van der Waals surface area contributed by atoms with Gasteiger partial charge < -0.3 is 0 Å². The molecule has 0 atom stereocenters. The van der Waals surface area contributed by atoms with Gasteiger partial charge in [-0.3, -0.25) is 0 Å². The first-order valence-electron chi connectivity index (χ1n) is 3.36. The Morgan fingerprint density at radius 1 is 1.73 bits per heavy atom. The van der Waals surface area contributed by atoms with Crippen LogP contribution in [0.1, 0.15) is 5.76 Å². The van der Waals surface area contributed by atoms with E-state index in [-0.39, 0.29) is 0 Å². The number of hydrogen-bond donors (Lipinski definition) is 2. The molecule has 0 saturated heterocycles. The van der Waals surface area contributed by atoms with Gasteiger partial charge in [0.2, 0.25) is 0 Å². The van der Waals surface area contributed by atoms with E-state index in [0.717, 1.165) is 16.3 Å². The number of nitrogens with one attached hydrogen (secondary N) is 1. The van der Waals surface area contributed by atoms with E-state index in [1.54, 1.807) is 6.26 Å². The second-order valence-electron chi connectivity index (χ2n) is 2.02. The first-order chi connectivity index (χ1) is 5.34. The summed E-state index contributed by atoms with van der Waals surface area (Å²) in [5.74, 6) is 0.911. The van der Waals surface area contributed by atoms with Crippen LogP contribution in [0.5, 0.6) is 0 Å². The zero-order valence-corrected chi connectivity index (χ0v) is 8.97. The van der Waals surface area contributed by atoms with E-state index in [9.17, 15) is 0 Å². The Kier molecular flexibility index (Phi) is 3.70. The summed E-state index contributed by atoms with van der Waals surface area (Å²) in [4.78, 5) is 0. The van der Waals surface area contributed by atoms with Gasteiger partial charge in [0.1, 0.15) is 0 Å². The number of hydrogen-bond acceptors (Lipinski definition) is 3. The van der Waals surface area contributed by atoms with Gasteiger partial charge in [0.05, 0.1) is 0 Å². The van der Waals surface area contributed by atoms with Crippen molar-refractivity contribution in [2.45, 2.75) is 0 Å². The van der Waals surface area contributed by atoms with Crippen LogP contribution in [0, 0.1) is 0 Å². The second kappa shape index (κ2) is 4.60. The fraction of sp³-hybridized carbons (Fsp3) is 0.286. The van der Waals surface area contributed by atoms with Crippen molar-refractivity contribution in [1.29, 1.82) is 0 Å². The van der Waals surface area contributed by atoms with Crippen molar-refractivity contribution in [3.8, 4) is 0 Å². The molecule has 0 saturated carbocycles. The number of nitrogens with two attached hydrogens (primary N) is 1. The Labute approximate surface area is 76.4 Å². The van der Waals surface area contributed by atoms with E-state index < -0.39 is 0 Å². The summed E-state index contributed by atoms with van der Waals surface area (Å²) in [5.41, 5.74) is 5.33. The van der Waals surface area contributed by atoms with Crippen molar-refractivity contribution in [2.24, 2.45) is 5.73 Å². The molecule has 1 rings (SSSR count). The quantitative estimate of drug-likeness (QED) is 0.811. The summed E-state index contributed by atoms with van der Waals surface area (Å²) in [5, 5.41) is 3.17. The molecule has 3 nitrogen and oxygen atoms in total. The summed E-state index contributed by atoms with van der Waals surface area (Å²) in [6.45, 7) is 1.46. The van der Waals surface area contributed by atoms with E-state index in [0.29, 0.717) is 6.54 Å². The van der Waals surface area contributed by atoms with Crippen molar-refractivity contribution in [2.75, 3.05) is 13.1 Å². The molecule has 1 aromatic rings. The molecule has 0 aliphatic carbocycles. The van der Waals surface area contributed by atoms with E-state index >= 15 is 0 Å². The fourth-order valence-electron chi connectivity index (χ4n) is 0.681. The third-order valence-electron chi connectivity index (χ3n) is 1.17. The van der Waals surface area contributed by atoms with Crippen molar-refractivity contribution >= 4 is 4.02 Å². The zero-order valence-electron chi connectivity index (χ0n) is 6.04. The van der Waals surface area contributed by atoms with Crippen molar-refractivity contribution in [3.63, 3.8) is 0 Å².